The van der Waals surface area contributed by atoms with Gasteiger partial charge in [0.1, 0.15) is 0 Å². The Kier molecular flexibility index (Phi) is 7.75. The van der Waals surface area contributed by atoms with E-state index in [1.54, 1.807) is 0 Å². The summed E-state index contributed by atoms with van der Waals surface area (Å²) in [6.07, 6.45) is 0. The van der Waals surface area contributed by atoms with Crippen LogP contribution in [0, 0.1) is 0 Å². The second-order valence-electron chi connectivity index (χ2n) is 7.69. The summed E-state index contributed by atoms with van der Waals surface area (Å²) in [4.78, 5) is 14.9. The molecule has 1 N–H and O–H groups in total. The van der Waals surface area contributed by atoms with Crippen molar-refractivity contribution in [2.75, 3.05) is 14.1 Å². The lowest BCUT2D eigenvalue weighted by atomic mass is 10.1. The van der Waals surface area contributed by atoms with Crippen molar-refractivity contribution in [1.29, 1.82) is 0 Å². The molecule has 3 atom stereocenters. The van der Waals surface area contributed by atoms with E-state index in [1.165, 1.54) is 11.8 Å². The lowest BCUT2D eigenvalue weighted by Gasteiger charge is -2.21. The Morgan fingerprint density at radius 3 is 2.29 bits per heavy atom. The number of nitrogens with one attached hydrogen (secondary N) is 1. The van der Waals surface area contributed by atoms with Gasteiger partial charge in [-0.2, -0.15) is 0 Å². The van der Waals surface area contributed by atoms with Gasteiger partial charge in [-0.05, 0) is 64.7 Å². The van der Waals surface area contributed by atoms with Gasteiger partial charge in [-0.3, -0.25) is 14.3 Å². The van der Waals surface area contributed by atoms with Crippen molar-refractivity contribution in [3.05, 3.63) is 71.0 Å². The number of benzene rings is 2. The average Bonchev–Trinajstić information content (AvgIpc) is 3.17. The highest BCUT2D eigenvalue weighted by Gasteiger charge is 2.25. The molecule has 0 saturated carbocycles. The van der Waals surface area contributed by atoms with Crippen LogP contribution in [0.15, 0.2) is 59.8 Å². The minimum Gasteiger partial charge on any atom is -0.349 e. The van der Waals surface area contributed by atoms with Crippen molar-refractivity contribution in [2.45, 2.75) is 43.3 Å². The van der Waals surface area contributed by atoms with E-state index in [4.69, 9.17) is 11.6 Å². The van der Waals surface area contributed by atoms with Crippen molar-refractivity contribution in [2.24, 2.45) is 0 Å². The summed E-state index contributed by atoms with van der Waals surface area (Å²) < 4.78 is 2.00. The molecule has 2 aromatic carbocycles. The topological polar surface area (TPSA) is 63.1 Å². The molecule has 8 heteroatoms. The molecular weight excluding hydrogens is 430 g/mol. The van der Waals surface area contributed by atoms with Crippen molar-refractivity contribution >= 4 is 29.3 Å². The van der Waals surface area contributed by atoms with E-state index in [9.17, 15) is 4.79 Å². The van der Waals surface area contributed by atoms with Crippen molar-refractivity contribution < 1.29 is 4.79 Å². The molecule has 164 valence electrons. The third kappa shape index (κ3) is 5.67. The van der Waals surface area contributed by atoms with Crippen LogP contribution in [-0.4, -0.2) is 44.9 Å². The maximum atomic E-state index is 12.9. The monoisotopic (exact) mass is 457 g/mol. The van der Waals surface area contributed by atoms with Gasteiger partial charge in [-0.15, -0.1) is 10.2 Å². The number of hydrogen-bond acceptors (Lipinski definition) is 5. The van der Waals surface area contributed by atoms with Crippen LogP contribution in [0.4, 0.5) is 0 Å². The van der Waals surface area contributed by atoms with Crippen LogP contribution in [0.5, 0.6) is 0 Å². The van der Waals surface area contributed by atoms with Gasteiger partial charge in [0.15, 0.2) is 11.0 Å². The lowest BCUT2D eigenvalue weighted by molar-refractivity contribution is -0.120. The van der Waals surface area contributed by atoms with Crippen LogP contribution < -0.4 is 5.32 Å². The quantitative estimate of drug-likeness (QED) is 0.487. The summed E-state index contributed by atoms with van der Waals surface area (Å²) in [6.45, 7) is 5.94. The molecule has 1 heterocycles. The van der Waals surface area contributed by atoms with E-state index in [0.29, 0.717) is 10.2 Å². The Morgan fingerprint density at radius 1 is 1.03 bits per heavy atom. The van der Waals surface area contributed by atoms with Crippen molar-refractivity contribution in [1.82, 2.24) is 25.0 Å². The molecule has 0 fully saturated rings. The van der Waals surface area contributed by atoms with E-state index in [1.807, 2.05) is 87.1 Å². The maximum Gasteiger partial charge on any atom is 0.233 e. The molecule has 1 aromatic heterocycles. The first-order valence-corrected chi connectivity index (χ1v) is 11.4. The van der Waals surface area contributed by atoms with Crippen LogP contribution in [-0.2, 0) is 4.79 Å². The van der Waals surface area contributed by atoms with Crippen LogP contribution in [0.3, 0.4) is 0 Å². The highest BCUT2D eigenvalue weighted by molar-refractivity contribution is 8.00. The van der Waals surface area contributed by atoms with Crippen molar-refractivity contribution in [3.8, 4) is 5.69 Å². The zero-order valence-electron chi connectivity index (χ0n) is 18.4. The Morgan fingerprint density at radius 2 is 1.68 bits per heavy atom. The number of amides is 1. The molecule has 0 bridgehead atoms. The first-order valence-electron chi connectivity index (χ1n) is 10.2. The van der Waals surface area contributed by atoms with Gasteiger partial charge in [0.2, 0.25) is 5.91 Å². The van der Waals surface area contributed by atoms with Gasteiger partial charge in [0.05, 0.1) is 17.3 Å². The van der Waals surface area contributed by atoms with E-state index in [2.05, 4.69) is 27.3 Å². The SMILES string of the molecule is CC(Sc1nnc(C(C)N(C)C)n1-c1ccc(Cl)cc1)C(=O)NC(C)c1ccccc1. The lowest BCUT2D eigenvalue weighted by Crippen LogP contribution is -2.33. The fourth-order valence-corrected chi connectivity index (χ4v) is 4.07. The fourth-order valence-electron chi connectivity index (χ4n) is 3.06. The molecule has 0 radical (unpaired) electrons. The number of aromatic nitrogens is 3. The summed E-state index contributed by atoms with van der Waals surface area (Å²) in [7, 11) is 4.00. The molecule has 0 aliphatic heterocycles. The van der Waals surface area contributed by atoms with E-state index in [0.717, 1.165) is 17.1 Å². The van der Waals surface area contributed by atoms with Crippen LogP contribution >= 0.6 is 23.4 Å². The van der Waals surface area contributed by atoms with Crippen LogP contribution in [0.25, 0.3) is 5.69 Å². The summed E-state index contributed by atoms with van der Waals surface area (Å²) in [5.41, 5.74) is 1.98. The fraction of sp³-hybridized carbons (Fsp3) is 0.348. The van der Waals surface area contributed by atoms with Gasteiger partial charge in [-0.1, -0.05) is 53.7 Å². The normalized spacial score (nSPS) is 14.3. The number of carbonyl (C=O) groups excluding carboxylic acids is 1. The smallest absolute Gasteiger partial charge is 0.233 e. The third-order valence-electron chi connectivity index (χ3n) is 5.20. The summed E-state index contributed by atoms with van der Waals surface area (Å²) in [5, 5.41) is 12.9. The molecule has 0 aliphatic rings. The maximum absolute atomic E-state index is 12.9. The van der Waals surface area contributed by atoms with Gasteiger partial charge in [-0.25, -0.2) is 0 Å². The first kappa shape index (κ1) is 23.3. The number of halogens is 1. The Labute approximate surface area is 193 Å². The standard InChI is InChI=1S/C23H28ClN5OS/c1-15(18-9-7-6-8-10-18)25-22(30)17(3)31-23-27-26-21(16(2)28(4)5)29(23)20-13-11-19(24)12-14-20/h6-17H,1-5H3,(H,25,30). The zero-order valence-corrected chi connectivity index (χ0v) is 20.0. The third-order valence-corrected chi connectivity index (χ3v) is 6.50. The Hall–Kier alpha value is -2.35. The number of hydrogen-bond donors (Lipinski definition) is 1. The average molecular weight is 458 g/mol. The zero-order chi connectivity index (χ0) is 22.5. The predicted octanol–water partition coefficient (Wildman–Crippen LogP) is 4.90. The minimum absolute atomic E-state index is 0.0414. The molecule has 0 spiro atoms. The minimum atomic E-state index is -0.344. The van der Waals surface area contributed by atoms with Gasteiger partial charge in [0, 0.05) is 10.7 Å². The van der Waals surface area contributed by atoms with Gasteiger partial charge in [0.25, 0.3) is 0 Å². The van der Waals surface area contributed by atoms with Gasteiger partial charge < -0.3 is 5.32 Å². The second kappa shape index (κ2) is 10.3. The predicted molar refractivity (Wildman–Crippen MR) is 127 cm³/mol. The van der Waals surface area contributed by atoms with Crippen molar-refractivity contribution in [3.63, 3.8) is 0 Å². The number of nitrogens with zero attached hydrogens (tertiary/aromatic N) is 4. The molecule has 3 unspecified atom stereocenters. The molecule has 3 rings (SSSR count). The van der Waals surface area contributed by atoms with Crippen LogP contribution in [0.2, 0.25) is 5.02 Å². The molecule has 6 nitrogen and oxygen atoms in total. The van der Waals surface area contributed by atoms with Crippen LogP contribution in [0.1, 0.15) is 44.2 Å². The van der Waals surface area contributed by atoms with E-state index >= 15 is 0 Å². The highest BCUT2D eigenvalue weighted by Crippen LogP contribution is 2.30. The molecule has 0 saturated heterocycles. The second-order valence-corrected chi connectivity index (χ2v) is 9.44. The Balaban J connectivity index is 1.83. The Bertz CT molecular complexity index is 1010. The largest absolute Gasteiger partial charge is 0.349 e. The molecule has 3 aromatic rings. The summed E-state index contributed by atoms with van der Waals surface area (Å²) in [5.74, 6) is 0.759. The molecule has 1 amide bonds. The highest BCUT2D eigenvalue weighted by atomic mass is 35.5. The first-order chi connectivity index (χ1) is 14.8. The number of thioether (sulfide) groups is 1. The molecular formula is C23H28ClN5OS. The number of rotatable bonds is 8. The van der Waals surface area contributed by atoms with E-state index in [-0.39, 0.29) is 23.2 Å². The van der Waals surface area contributed by atoms with E-state index < -0.39 is 0 Å². The number of carbonyl (C=O) groups is 1. The summed E-state index contributed by atoms with van der Waals surface area (Å²) >= 11 is 7.47. The molecule has 0 aliphatic carbocycles. The molecule has 31 heavy (non-hydrogen) atoms. The van der Waals surface area contributed by atoms with Gasteiger partial charge >= 0.3 is 0 Å². The summed E-state index contributed by atoms with van der Waals surface area (Å²) in [6, 6.07) is 17.4.